The minimum absolute atomic E-state index is 0.459. The Morgan fingerprint density at radius 1 is 0.810 bits per heavy atom. The quantitative estimate of drug-likeness (QED) is 0.207. The van der Waals surface area contributed by atoms with Gasteiger partial charge in [0.05, 0.1) is 0 Å². The molecule has 3 aromatic carbocycles. The van der Waals surface area contributed by atoms with E-state index in [1.165, 1.54) is 16.8 Å². The minimum atomic E-state index is -4.47. The third-order valence-corrected chi connectivity index (χ3v) is 9.32. The molecule has 1 fully saturated rings. The Balaban J connectivity index is 1.09. The molecule has 2 heterocycles. The van der Waals surface area contributed by atoms with Crippen molar-refractivity contribution in [2.75, 3.05) is 44.2 Å². The highest BCUT2D eigenvalue weighted by Crippen LogP contribution is 2.51. The molecule has 0 spiro atoms. The number of alkyl halides is 3. The van der Waals surface area contributed by atoms with Crippen LogP contribution in [-0.2, 0) is 10.2 Å². The highest BCUT2D eigenvalue weighted by atomic mass is 32.1. The van der Waals surface area contributed by atoms with Crippen molar-refractivity contribution < 1.29 is 18.0 Å². The number of nitrogens with zero attached hydrogens (tertiary/aromatic N) is 2. The fraction of sp³-hybridized carbons (Fsp3) is 0.324. The monoisotopic (exact) mass is 589 g/mol. The number of fused-ring (bicyclic) bond motifs is 3. The number of rotatable bonds is 9. The third kappa shape index (κ3) is 5.70. The van der Waals surface area contributed by atoms with Crippen molar-refractivity contribution in [2.24, 2.45) is 0 Å². The number of benzene rings is 3. The van der Waals surface area contributed by atoms with Gasteiger partial charge in [-0.05, 0) is 81.7 Å². The number of halogens is 3. The van der Waals surface area contributed by atoms with Gasteiger partial charge >= 0.3 is 6.18 Å². The molecule has 4 aromatic rings. The second-order valence-corrected chi connectivity index (χ2v) is 11.9. The summed E-state index contributed by atoms with van der Waals surface area (Å²) in [5.41, 5.74) is 6.03. The van der Waals surface area contributed by atoms with Gasteiger partial charge in [-0.25, -0.2) is 0 Å². The number of thiophene rings is 1. The maximum absolute atomic E-state index is 13.7. The molecule has 1 saturated heterocycles. The number of amides is 1. The Labute approximate surface area is 248 Å². The summed E-state index contributed by atoms with van der Waals surface area (Å²) in [7, 11) is 0. The molecule has 0 bridgehead atoms. The van der Waals surface area contributed by atoms with Gasteiger partial charge in [-0.3, -0.25) is 9.69 Å². The van der Waals surface area contributed by atoms with Crippen LogP contribution in [0.25, 0.3) is 22.3 Å². The summed E-state index contributed by atoms with van der Waals surface area (Å²) >= 11 is 1.70. The van der Waals surface area contributed by atoms with Crippen molar-refractivity contribution in [3.8, 4) is 22.3 Å². The van der Waals surface area contributed by atoms with E-state index >= 15 is 0 Å². The molecule has 1 aliphatic carbocycles. The largest absolute Gasteiger partial charge is 0.405 e. The fourth-order valence-electron chi connectivity index (χ4n) is 6.53. The van der Waals surface area contributed by atoms with Crippen LogP contribution in [0.4, 0.5) is 18.9 Å². The molecular weight excluding hydrogens is 555 g/mol. The van der Waals surface area contributed by atoms with Crippen LogP contribution in [0, 0.1) is 0 Å². The first-order valence-corrected chi connectivity index (χ1v) is 15.4. The first kappa shape index (κ1) is 28.5. The van der Waals surface area contributed by atoms with Crippen molar-refractivity contribution in [2.45, 2.75) is 30.9 Å². The van der Waals surface area contributed by atoms with Crippen LogP contribution < -0.4 is 10.2 Å². The van der Waals surface area contributed by atoms with E-state index in [2.05, 4.69) is 56.2 Å². The van der Waals surface area contributed by atoms with Crippen molar-refractivity contribution in [3.05, 3.63) is 101 Å². The molecule has 218 valence electrons. The van der Waals surface area contributed by atoms with E-state index in [0.29, 0.717) is 6.42 Å². The molecule has 0 atom stereocenters. The van der Waals surface area contributed by atoms with Crippen LogP contribution in [0.1, 0.15) is 30.4 Å². The number of unbranched alkanes of at least 4 members (excludes halogenated alkanes) is 1. The first-order chi connectivity index (χ1) is 20.3. The lowest BCUT2D eigenvalue weighted by molar-refractivity contribution is -0.141. The molecule has 0 saturated carbocycles. The van der Waals surface area contributed by atoms with Crippen LogP contribution in [0.3, 0.4) is 0 Å². The van der Waals surface area contributed by atoms with Crippen LogP contribution in [0.5, 0.6) is 0 Å². The number of piperazine rings is 1. The van der Waals surface area contributed by atoms with E-state index in [0.717, 1.165) is 67.8 Å². The Morgan fingerprint density at radius 3 is 2.05 bits per heavy atom. The second kappa shape index (κ2) is 11.9. The molecule has 8 heteroatoms. The number of anilines is 1. The zero-order valence-electron chi connectivity index (χ0n) is 23.4. The molecule has 0 radical (unpaired) electrons. The molecule has 2 aliphatic rings. The molecule has 1 aromatic heterocycles. The molecule has 0 unspecified atom stereocenters. The lowest BCUT2D eigenvalue weighted by Gasteiger charge is -2.36. The first-order valence-electron chi connectivity index (χ1n) is 14.5. The van der Waals surface area contributed by atoms with Crippen molar-refractivity contribution in [1.82, 2.24) is 10.2 Å². The third-order valence-electron chi connectivity index (χ3n) is 8.64. The van der Waals surface area contributed by atoms with Gasteiger partial charge in [-0.2, -0.15) is 24.5 Å². The summed E-state index contributed by atoms with van der Waals surface area (Å²) in [6.45, 7) is 3.36. The Bertz CT molecular complexity index is 1460. The number of nitrogens with one attached hydrogen (secondary N) is 1. The van der Waals surface area contributed by atoms with Crippen LogP contribution in [0.15, 0.2) is 89.6 Å². The number of carbonyl (C=O) groups is 1. The van der Waals surface area contributed by atoms with Gasteiger partial charge in [-0.15, -0.1) is 0 Å². The predicted octanol–water partition coefficient (Wildman–Crippen LogP) is 7.35. The normalized spacial score (nSPS) is 16.2. The van der Waals surface area contributed by atoms with Gasteiger partial charge in [0.25, 0.3) is 0 Å². The summed E-state index contributed by atoms with van der Waals surface area (Å²) in [5.74, 6) is -0.573. The van der Waals surface area contributed by atoms with Crippen molar-refractivity contribution in [3.63, 3.8) is 0 Å². The second-order valence-electron chi connectivity index (χ2n) is 11.1. The lowest BCUT2D eigenvalue weighted by Crippen LogP contribution is -2.47. The number of carbonyl (C=O) groups excluding carboxylic acids is 1. The standard InChI is InChI=1S/C34H34F3N3OS/c35-34(36,37)24-38-32(41)33(30-9-3-1-7-28(30)29-8-2-4-10-31(29)33)16-5-6-17-39-18-20-40(21-19-39)27-13-11-25(12-14-27)26-15-22-42-23-26/h1-4,7-15,22-23H,5-6,16-21,24H2,(H,38,41). The zero-order valence-corrected chi connectivity index (χ0v) is 24.2. The molecule has 1 aliphatic heterocycles. The summed E-state index contributed by atoms with van der Waals surface area (Å²) in [6, 6.07) is 26.2. The Kier molecular flexibility index (Phi) is 8.10. The van der Waals surface area contributed by atoms with Crippen molar-refractivity contribution in [1.29, 1.82) is 0 Å². The van der Waals surface area contributed by atoms with Crippen LogP contribution in [0.2, 0.25) is 0 Å². The summed E-state index contributed by atoms with van der Waals surface area (Å²) < 4.78 is 39.4. The van der Waals surface area contributed by atoms with Crippen molar-refractivity contribution >= 4 is 22.9 Å². The van der Waals surface area contributed by atoms with E-state index in [4.69, 9.17) is 0 Å². The zero-order chi connectivity index (χ0) is 29.2. The number of hydrogen-bond donors (Lipinski definition) is 1. The maximum atomic E-state index is 13.7. The van der Waals surface area contributed by atoms with Gasteiger partial charge in [-0.1, -0.05) is 67.1 Å². The predicted molar refractivity (Wildman–Crippen MR) is 164 cm³/mol. The molecule has 42 heavy (non-hydrogen) atoms. The van der Waals surface area contributed by atoms with Crippen LogP contribution in [-0.4, -0.2) is 56.3 Å². The molecule has 4 nitrogen and oxygen atoms in total. The average molecular weight is 590 g/mol. The molecular formula is C34H34F3N3OS. The Morgan fingerprint density at radius 2 is 1.45 bits per heavy atom. The van der Waals surface area contributed by atoms with E-state index < -0.39 is 24.0 Å². The average Bonchev–Trinajstić information content (AvgIpc) is 3.65. The molecule has 1 N–H and O–H groups in total. The summed E-state index contributed by atoms with van der Waals surface area (Å²) in [5, 5.41) is 6.49. The van der Waals surface area contributed by atoms with Gasteiger partial charge in [0.15, 0.2) is 0 Å². The maximum Gasteiger partial charge on any atom is 0.405 e. The van der Waals surface area contributed by atoms with E-state index in [1.807, 2.05) is 48.5 Å². The fourth-order valence-corrected chi connectivity index (χ4v) is 7.20. The summed E-state index contributed by atoms with van der Waals surface area (Å²) in [6.07, 6.45) is -2.41. The van der Waals surface area contributed by atoms with E-state index in [-0.39, 0.29) is 0 Å². The Hall–Kier alpha value is -3.62. The van der Waals surface area contributed by atoms with E-state index in [1.54, 1.807) is 11.3 Å². The van der Waals surface area contributed by atoms with Gasteiger partial charge < -0.3 is 10.2 Å². The topological polar surface area (TPSA) is 35.6 Å². The lowest BCUT2D eigenvalue weighted by atomic mass is 9.73. The van der Waals surface area contributed by atoms with Gasteiger partial charge in [0, 0.05) is 31.9 Å². The van der Waals surface area contributed by atoms with Gasteiger partial charge in [0.1, 0.15) is 12.0 Å². The highest BCUT2D eigenvalue weighted by Gasteiger charge is 2.49. The highest BCUT2D eigenvalue weighted by molar-refractivity contribution is 7.08. The smallest absolute Gasteiger partial charge is 0.369 e. The SMILES string of the molecule is O=C(NCC(F)(F)F)C1(CCCCN2CCN(c3ccc(-c4ccsc4)cc3)CC2)c2ccccc2-c2ccccc21. The molecule has 6 rings (SSSR count). The minimum Gasteiger partial charge on any atom is -0.369 e. The van der Waals surface area contributed by atoms with E-state index in [9.17, 15) is 18.0 Å². The molecule has 1 amide bonds. The van der Waals surface area contributed by atoms with Crippen LogP contribution >= 0.6 is 11.3 Å². The summed E-state index contributed by atoms with van der Waals surface area (Å²) in [4.78, 5) is 18.5. The number of hydrogen-bond acceptors (Lipinski definition) is 4. The van der Waals surface area contributed by atoms with Gasteiger partial charge in [0.2, 0.25) is 5.91 Å².